The summed E-state index contributed by atoms with van der Waals surface area (Å²) in [6.45, 7) is 1.63. The molecule has 0 aliphatic rings. The number of aromatic hydroxyl groups is 1. The summed E-state index contributed by atoms with van der Waals surface area (Å²) in [6, 6.07) is 10.0. The summed E-state index contributed by atoms with van der Waals surface area (Å²) >= 11 is 6.00. The Bertz CT molecular complexity index is 694. The van der Waals surface area contributed by atoms with Crippen molar-refractivity contribution in [3.8, 4) is 5.75 Å². The van der Waals surface area contributed by atoms with Gasteiger partial charge in [0.25, 0.3) is 0 Å². The van der Waals surface area contributed by atoms with E-state index in [9.17, 15) is 9.90 Å². The van der Waals surface area contributed by atoms with E-state index < -0.39 is 0 Å². The monoisotopic (exact) mass is 348 g/mol. The Balaban J connectivity index is 2.12. The maximum Gasteiger partial charge on any atom is 0.322 e. The average Bonchev–Trinajstić information content (AvgIpc) is 2.53. The van der Waals surface area contributed by atoms with E-state index in [4.69, 9.17) is 11.6 Å². The van der Waals surface area contributed by atoms with Gasteiger partial charge in [0.1, 0.15) is 5.75 Å². The zero-order valence-electron chi connectivity index (χ0n) is 13.7. The first-order valence-electron chi connectivity index (χ1n) is 7.55. The Labute approximate surface area is 146 Å². The molecule has 7 heteroatoms. The smallest absolute Gasteiger partial charge is 0.322 e. The number of nitrogens with zero attached hydrogens (tertiary/aromatic N) is 3. The number of amides is 2. The van der Waals surface area contributed by atoms with Crippen molar-refractivity contribution in [1.29, 1.82) is 0 Å². The summed E-state index contributed by atoms with van der Waals surface area (Å²) in [5.74, 6) is 0.177. The number of nitrogens with one attached hydrogen (secondary N) is 1. The van der Waals surface area contributed by atoms with Crippen LogP contribution in [0.5, 0.6) is 5.75 Å². The van der Waals surface area contributed by atoms with Crippen molar-refractivity contribution in [1.82, 2.24) is 14.8 Å². The van der Waals surface area contributed by atoms with Gasteiger partial charge in [-0.2, -0.15) is 0 Å². The molecule has 0 spiro atoms. The predicted octanol–water partition coefficient (Wildman–Crippen LogP) is 3.04. The van der Waals surface area contributed by atoms with Crippen LogP contribution < -0.4 is 5.32 Å². The van der Waals surface area contributed by atoms with Crippen molar-refractivity contribution < 1.29 is 9.90 Å². The molecule has 1 aromatic heterocycles. The molecule has 2 aromatic rings. The molecule has 0 radical (unpaired) electrons. The molecule has 0 aliphatic carbocycles. The fourth-order valence-corrected chi connectivity index (χ4v) is 2.29. The first kappa shape index (κ1) is 18.0. The third kappa shape index (κ3) is 5.40. The minimum absolute atomic E-state index is 0.177. The number of hydrogen-bond acceptors (Lipinski definition) is 4. The van der Waals surface area contributed by atoms with Gasteiger partial charge in [-0.25, -0.2) is 9.78 Å². The van der Waals surface area contributed by atoms with Gasteiger partial charge >= 0.3 is 6.03 Å². The lowest BCUT2D eigenvalue weighted by Crippen LogP contribution is -2.39. The standard InChI is InChI=1S/C17H21ClN4O2/c1-21(2)9-10-22(12-13-5-3-6-14(23)11-13)17(24)20-15-7-4-8-19-16(15)18/h3-8,11,23H,9-10,12H2,1-2H3,(H,20,24). The number of phenolic OH excluding ortho intramolecular Hbond substituents is 1. The van der Waals surface area contributed by atoms with Crippen molar-refractivity contribution in [2.24, 2.45) is 0 Å². The fourth-order valence-electron chi connectivity index (χ4n) is 2.12. The molecule has 2 N–H and O–H groups in total. The highest BCUT2D eigenvalue weighted by Gasteiger charge is 2.16. The number of pyridine rings is 1. The molecule has 128 valence electrons. The Morgan fingerprint density at radius 3 is 2.71 bits per heavy atom. The molecule has 0 saturated carbocycles. The number of phenols is 1. The zero-order valence-corrected chi connectivity index (χ0v) is 14.5. The minimum atomic E-state index is -0.268. The summed E-state index contributed by atoms with van der Waals surface area (Å²) in [5, 5.41) is 12.6. The van der Waals surface area contributed by atoms with Crippen LogP contribution in [0.2, 0.25) is 5.15 Å². The summed E-state index contributed by atoms with van der Waals surface area (Å²) in [7, 11) is 3.89. The van der Waals surface area contributed by atoms with Crippen LogP contribution in [0.25, 0.3) is 0 Å². The first-order valence-corrected chi connectivity index (χ1v) is 7.92. The number of hydrogen-bond donors (Lipinski definition) is 2. The van der Waals surface area contributed by atoms with Crippen LogP contribution in [-0.4, -0.2) is 53.1 Å². The molecule has 6 nitrogen and oxygen atoms in total. The lowest BCUT2D eigenvalue weighted by molar-refractivity contribution is 0.202. The largest absolute Gasteiger partial charge is 0.508 e. The number of rotatable bonds is 6. The molecule has 2 amide bonds. The Kier molecular flexibility index (Phi) is 6.40. The highest BCUT2D eigenvalue weighted by atomic mass is 35.5. The van der Waals surface area contributed by atoms with Crippen molar-refractivity contribution in [2.75, 3.05) is 32.5 Å². The molecule has 0 aliphatic heterocycles. The fraction of sp³-hybridized carbons (Fsp3) is 0.294. The molecule has 0 atom stereocenters. The molecular formula is C17H21ClN4O2. The van der Waals surface area contributed by atoms with Gasteiger partial charge in [-0.1, -0.05) is 23.7 Å². The van der Waals surface area contributed by atoms with Gasteiger partial charge in [-0.3, -0.25) is 0 Å². The van der Waals surface area contributed by atoms with Crippen LogP contribution in [0, 0.1) is 0 Å². The minimum Gasteiger partial charge on any atom is -0.508 e. The summed E-state index contributed by atoms with van der Waals surface area (Å²) in [5.41, 5.74) is 1.32. The van der Waals surface area contributed by atoms with E-state index in [-0.39, 0.29) is 16.9 Å². The second kappa shape index (κ2) is 8.52. The quantitative estimate of drug-likeness (QED) is 0.787. The van der Waals surface area contributed by atoms with Crippen molar-refractivity contribution in [3.63, 3.8) is 0 Å². The van der Waals surface area contributed by atoms with Gasteiger partial charge in [0, 0.05) is 25.8 Å². The number of benzene rings is 1. The first-order chi connectivity index (χ1) is 11.5. The molecule has 2 rings (SSSR count). The van der Waals surface area contributed by atoms with Gasteiger partial charge in [-0.05, 0) is 43.9 Å². The highest BCUT2D eigenvalue weighted by molar-refractivity contribution is 6.32. The highest BCUT2D eigenvalue weighted by Crippen LogP contribution is 2.19. The van der Waals surface area contributed by atoms with E-state index in [0.717, 1.165) is 5.56 Å². The summed E-state index contributed by atoms with van der Waals surface area (Å²) in [6.07, 6.45) is 1.56. The molecule has 0 saturated heterocycles. The van der Waals surface area contributed by atoms with E-state index in [1.807, 2.05) is 25.1 Å². The van der Waals surface area contributed by atoms with Crippen LogP contribution in [0.3, 0.4) is 0 Å². The van der Waals surface area contributed by atoms with Crippen LogP contribution in [0.15, 0.2) is 42.6 Å². The molecule has 24 heavy (non-hydrogen) atoms. The summed E-state index contributed by atoms with van der Waals surface area (Å²) in [4.78, 5) is 20.2. The Hall–Kier alpha value is -2.31. The van der Waals surface area contributed by atoms with Crippen LogP contribution >= 0.6 is 11.6 Å². The number of carbonyl (C=O) groups is 1. The zero-order chi connectivity index (χ0) is 17.5. The van der Waals surface area contributed by atoms with Crippen molar-refractivity contribution in [3.05, 3.63) is 53.3 Å². The summed E-state index contributed by atoms with van der Waals surface area (Å²) < 4.78 is 0. The number of urea groups is 1. The SMILES string of the molecule is CN(C)CCN(Cc1cccc(O)c1)C(=O)Nc1cccnc1Cl. The van der Waals surface area contributed by atoms with E-state index in [1.54, 1.807) is 41.4 Å². The normalized spacial score (nSPS) is 10.7. The van der Waals surface area contributed by atoms with Crippen LogP contribution in [-0.2, 0) is 6.54 Å². The topological polar surface area (TPSA) is 68.7 Å². The Morgan fingerprint density at radius 2 is 2.04 bits per heavy atom. The number of anilines is 1. The second-order valence-electron chi connectivity index (χ2n) is 5.67. The van der Waals surface area contributed by atoms with E-state index >= 15 is 0 Å². The van der Waals surface area contributed by atoms with Gasteiger partial charge in [0.2, 0.25) is 0 Å². The van der Waals surface area contributed by atoms with E-state index in [1.165, 1.54) is 0 Å². The predicted molar refractivity (Wildman–Crippen MR) is 95.3 cm³/mol. The second-order valence-corrected chi connectivity index (χ2v) is 6.02. The van der Waals surface area contributed by atoms with E-state index in [2.05, 4.69) is 10.3 Å². The van der Waals surface area contributed by atoms with Crippen LogP contribution in [0.1, 0.15) is 5.56 Å². The van der Waals surface area contributed by atoms with Crippen molar-refractivity contribution >= 4 is 23.3 Å². The van der Waals surface area contributed by atoms with Gasteiger partial charge in [0.15, 0.2) is 5.15 Å². The number of halogens is 1. The maximum absolute atomic E-state index is 12.6. The average molecular weight is 349 g/mol. The van der Waals surface area contributed by atoms with Crippen molar-refractivity contribution in [2.45, 2.75) is 6.54 Å². The molecule has 0 unspecified atom stereocenters. The third-order valence-corrected chi connectivity index (χ3v) is 3.69. The Morgan fingerprint density at radius 1 is 1.25 bits per heavy atom. The molecular weight excluding hydrogens is 328 g/mol. The number of carbonyl (C=O) groups excluding carboxylic acids is 1. The molecule has 1 heterocycles. The van der Waals surface area contributed by atoms with Gasteiger partial charge in [0.05, 0.1) is 5.69 Å². The van der Waals surface area contributed by atoms with E-state index in [0.29, 0.717) is 25.3 Å². The third-order valence-electron chi connectivity index (χ3n) is 3.39. The van der Waals surface area contributed by atoms with Gasteiger partial charge < -0.3 is 20.2 Å². The lowest BCUT2D eigenvalue weighted by Gasteiger charge is -2.25. The number of likely N-dealkylation sites (N-methyl/N-ethyl adjacent to an activating group) is 1. The van der Waals surface area contributed by atoms with Crippen LogP contribution in [0.4, 0.5) is 10.5 Å². The lowest BCUT2D eigenvalue weighted by atomic mass is 10.2. The number of aromatic nitrogens is 1. The molecule has 0 bridgehead atoms. The van der Waals surface area contributed by atoms with Gasteiger partial charge in [-0.15, -0.1) is 0 Å². The maximum atomic E-state index is 12.6. The molecule has 1 aromatic carbocycles. The molecule has 0 fully saturated rings.